The van der Waals surface area contributed by atoms with Crippen molar-refractivity contribution in [3.05, 3.63) is 23.3 Å². The van der Waals surface area contributed by atoms with E-state index in [-0.39, 0.29) is 11.5 Å². The first-order chi connectivity index (χ1) is 8.04. The van der Waals surface area contributed by atoms with E-state index in [0.29, 0.717) is 23.7 Å². The van der Waals surface area contributed by atoms with Gasteiger partial charge in [0.15, 0.2) is 5.82 Å². The largest absolute Gasteiger partial charge is 0.478 e. The van der Waals surface area contributed by atoms with Crippen LogP contribution in [0.4, 0.5) is 0 Å². The zero-order valence-electron chi connectivity index (χ0n) is 10.0. The molecule has 0 aliphatic carbocycles. The monoisotopic (exact) mass is 234 g/mol. The lowest BCUT2D eigenvalue weighted by Gasteiger charge is -2.04. The summed E-state index contributed by atoms with van der Waals surface area (Å²) in [7, 11) is 0. The van der Waals surface area contributed by atoms with Gasteiger partial charge in [-0.25, -0.2) is 14.3 Å². The Morgan fingerprint density at radius 1 is 1.53 bits per heavy atom. The summed E-state index contributed by atoms with van der Waals surface area (Å²) in [6.45, 7) is 5.86. The molecule has 0 aromatic carbocycles. The molecule has 6 heteroatoms. The molecule has 90 valence electrons. The minimum Gasteiger partial charge on any atom is -0.478 e. The zero-order valence-corrected chi connectivity index (χ0v) is 10.0. The van der Waals surface area contributed by atoms with Crippen molar-refractivity contribution < 1.29 is 9.90 Å². The van der Waals surface area contributed by atoms with Gasteiger partial charge >= 0.3 is 5.97 Å². The van der Waals surface area contributed by atoms with Crippen LogP contribution in [0.3, 0.4) is 0 Å². The number of aromatic carboxylic acids is 1. The highest BCUT2D eigenvalue weighted by Gasteiger charge is 2.16. The number of fused-ring (bicyclic) bond motifs is 1. The van der Waals surface area contributed by atoms with Crippen molar-refractivity contribution in [1.82, 2.24) is 19.6 Å². The Morgan fingerprint density at radius 2 is 2.24 bits per heavy atom. The number of hydrogen-bond acceptors (Lipinski definition) is 4. The van der Waals surface area contributed by atoms with Crippen LogP contribution in [-0.2, 0) is 6.42 Å². The van der Waals surface area contributed by atoms with Gasteiger partial charge in [0.05, 0.1) is 11.3 Å². The third-order valence-corrected chi connectivity index (χ3v) is 2.56. The predicted molar refractivity (Wildman–Crippen MR) is 61.2 cm³/mol. The molecular formula is C11H14N4O2. The van der Waals surface area contributed by atoms with Crippen molar-refractivity contribution >= 4 is 11.7 Å². The maximum Gasteiger partial charge on any atom is 0.339 e. The average molecular weight is 234 g/mol. The van der Waals surface area contributed by atoms with Crippen LogP contribution in [0, 0.1) is 0 Å². The second kappa shape index (κ2) is 4.12. The summed E-state index contributed by atoms with van der Waals surface area (Å²) < 4.78 is 1.53. The molecule has 0 bridgehead atoms. The fourth-order valence-electron chi connectivity index (χ4n) is 1.66. The highest BCUT2D eigenvalue weighted by molar-refractivity contribution is 5.88. The Morgan fingerprint density at radius 3 is 2.76 bits per heavy atom. The Kier molecular flexibility index (Phi) is 2.79. The van der Waals surface area contributed by atoms with Gasteiger partial charge in [-0.05, 0) is 6.42 Å². The van der Waals surface area contributed by atoms with Crippen LogP contribution in [-0.4, -0.2) is 30.7 Å². The lowest BCUT2D eigenvalue weighted by atomic mass is 10.2. The first kappa shape index (κ1) is 11.5. The van der Waals surface area contributed by atoms with Crippen LogP contribution in [0.1, 0.15) is 48.6 Å². The molecule has 0 saturated heterocycles. The molecule has 0 amide bonds. The molecule has 2 heterocycles. The number of nitrogens with zero attached hydrogens (tertiary/aromatic N) is 4. The van der Waals surface area contributed by atoms with E-state index < -0.39 is 5.97 Å². The summed E-state index contributed by atoms with van der Waals surface area (Å²) in [6, 6.07) is 0. The summed E-state index contributed by atoms with van der Waals surface area (Å²) in [5.74, 6) is 0.331. The maximum absolute atomic E-state index is 11.1. The van der Waals surface area contributed by atoms with Gasteiger partial charge in [0.2, 0.25) is 0 Å². The highest BCUT2D eigenvalue weighted by atomic mass is 16.4. The lowest BCUT2D eigenvalue weighted by Crippen LogP contribution is -2.09. The molecule has 2 aromatic rings. The van der Waals surface area contributed by atoms with E-state index in [2.05, 4.69) is 15.1 Å². The number of carbonyl (C=O) groups is 1. The molecule has 0 aliphatic rings. The number of hydrogen-bond donors (Lipinski definition) is 1. The van der Waals surface area contributed by atoms with Gasteiger partial charge in [-0.2, -0.15) is 4.98 Å². The number of aromatic nitrogens is 4. The molecule has 0 fully saturated rings. The zero-order chi connectivity index (χ0) is 12.6. The molecule has 0 saturated carbocycles. The fraction of sp³-hybridized carbons (Fsp3) is 0.455. The Hall–Kier alpha value is -1.98. The minimum atomic E-state index is -0.988. The summed E-state index contributed by atoms with van der Waals surface area (Å²) in [4.78, 5) is 19.4. The molecule has 0 unspecified atom stereocenters. The lowest BCUT2D eigenvalue weighted by molar-refractivity contribution is 0.0694. The second-order valence-electron chi connectivity index (χ2n) is 4.11. The molecule has 0 radical (unpaired) electrons. The van der Waals surface area contributed by atoms with Crippen LogP contribution >= 0.6 is 0 Å². The number of aryl methyl sites for hydroxylation is 1. The van der Waals surface area contributed by atoms with Gasteiger partial charge < -0.3 is 5.11 Å². The molecule has 0 atom stereocenters. The van der Waals surface area contributed by atoms with Gasteiger partial charge in [0.1, 0.15) is 0 Å². The van der Waals surface area contributed by atoms with Gasteiger partial charge in [-0.3, -0.25) is 0 Å². The first-order valence-electron chi connectivity index (χ1n) is 5.52. The summed E-state index contributed by atoms with van der Waals surface area (Å²) >= 11 is 0. The third kappa shape index (κ3) is 1.86. The van der Waals surface area contributed by atoms with E-state index >= 15 is 0 Å². The Bertz CT molecular complexity index is 574. The summed E-state index contributed by atoms with van der Waals surface area (Å²) in [6.07, 6.45) is 1.91. The summed E-state index contributed by atoms with van der Waals surface area (Å²) in [5, 5.41) is 13.4. The molecule has 0 spiro atoms. The number of carboxylic acids is 1. The van der Waals surface area contributed by atoms with Crippen LogP contribution in [0.2, 0.25) is 0 Å². The molecular weight excluding hydrogens is 220 g/mol. The van der Waals surface area contributed by atoms with Crippen molar-refractivity contribution in [2.75, 3.05) is 0 Å². The molecule has 0 aliphatic heterocycles. The van der Waals surface area contributed by atoms with Gasteiger partial charge in [-0.15, -0.1) is 5.10 Å². The Balaban J connectivity index is 2.72. The van der Waals surface area contributed by atoms with E-state index in [1.54, 1.807) is 0 Å². The predicted octanol–water partition coefficient (Wildman–Crippen LogP) is 1.51. The van der Waals surface area contributed by atoms with Crippen LogP contribution in [0.15, 0.2) is 6.20 Å². The second-order valence-corrected chi connectivity index (χ2v) is 4.11. The molecule has 17 heavy (non-hydrogen) atoms. The van der Waals surface area contributed by atoms with Crippen molar-refractivity contribution in [3.63, 3.8) is 0 Å². The quantitative estimate of drug-likeness (QED) is 0.870. The highest BCUT2D eigenvalue weighted by Crippen LogP contribution is 2.14. The van der Waals surface area contributed by atoms with Gasteiger partial charge in [0.25, 0.3) is 5.78 Å². The number of rotatable bonds is 3. The van der Waals surface area contributed by atoms with Crippen molar-refractivity contribution in [3.8, 4) is 0 Å². The molecule has 6 nitrogen and oxygen atoms in total. The molecule has 2 rings (SSSR count). The van der Waals surface area contributed by atoms with E-state index in [1.807, 2.05) is 20.8 Å². The van der Waals surface area contributed by atoms with E-state index in [4.69, 9.17) is 5.11 Å². The third-order valence-electron chi connectivity index (χ3n) is 2.56. The van der Waals surface area contributed by atoms with Crippen molar-refractivity contribution in [2.45, 2.75) is 33.1 Å². The van der Waals surface area contributed by atoms with Crippen LogP contribution < -0.4 is 0 Å². The van der Waals surface area contributed by atoms with E-state index in [1.165, 1.54) is 10.7 Å². The van der Waals surface area contributed by atoms with Gasteiger partial charge in [-0.1, -0.05) is 20.8 Å². The van der Waals surface area contributed by atoms with Crippen LogP contribution in [0.25, 0.3) is 5.78 Å². The minimum absolute atomic E-state index is 0.181. The Labute approximate surface area is 98.3 Å². The SMILES string of the molecule is CCc1c(C(=O)O)cnc2nc(C(C)C)nn12. The van der Waals surface area contributed by atoms with Gasteiger partial charge in [0, 0.05) is 12.1 Å². The normalized spacial score (nSPS) is 11.3. The van der Waals surface area contributed by atoms with E-state index in [0.717, 1.165) is 0 Å². The topological polar surface area (TPSA) is 80.4 Å². The summed E-state index contributed by atoms with van der Waals surface area (Å²) in [5.41, 5.74) is 0.808. The first-order valence-corrected chi connectivity index (χ1v) is 5.52. The molecule has 2 aromatic heterocycles. The smallest absolute Gasteiger partial charge is 0.339 e. The standard InChI is InChI=1S/C11H14N4O2/c1-4-8-7(10(16)17)5-12-11-13-9(6(2)3)14-15(8)11/h5-6H,4H2,1-3H3,(H,16,17). The average Bonchev–Trinajstić information content (AvgIpc) is 2.70. The number of carboxylic acid groups (broad SMARTS) is 1. The maximum atomic E-state index is 11.1. The van der Waals surface area contributed by atoms with Crippen molar-refractivity contribution in [2.24, 2.45) is 0 Å². The van der Waals surface area contributed by atoms with Crippen molar-refractivity contribution in [1.29, 1.82) is 0 Å². The fourth-order valence-corrected chi connectivity index (χ4v) is 1.66. The van der Waals surface area contributed by atoms with E-state index in [9.17, 15) is 4.79 Å². The molecule has 1 N–H and O–H groups in total. The van der Waals surface area contributed by atoms with Crippen LogP contribution in [0.5, 0.6) is 0 Å².